The van der Waals surface area contributed by atoms with E-state index in [2.05, 4.69) is 32.3 Å². The highest BCUT2D eigenvalue weighted by Gasteiger charge is 2.23. The summed E-state index contributed by atoms with van der Waals surface area (Å²) in [6.07, 6.45) is 2.40. The highest BCUT2D eigenvalue weighted by Crippen LogP contribution is 2.23. The number of piperidine rings is 1. The topological polar surface area (TPSA) is 80.0 Å². The molecule has 0 N–H and O–H groups in total. The smallest absolute Gasteiger partial charge is 0.244 e. The number of thiazole rings is 1. The first-order valence-corrected chi connectivity index (χ1v) is 9.97. The Morgan fingerprint density at radius 1 is 1.42 bits per heavy atom. The van der Waals surface area contributed by atoms with Crippen molar-refractivity contribution in [2.75, 3.05) is 20.1 Å². The van der Waals surface area contributed by atoms with Crippen LogP contribution in [0.5, 0.6) is 0 Å². The third-order valence-corrected chi connectivity index (χ3v) is 6.23. The summed E-state index contributed by atoms with van der Waals surface area (Å²) in [4.78, 5) is 21.2. The number of rotatable bonds is 6. The molecule has 1 aliphatic heterocycles. The predicted molar refractivity (Wildman–Crippen MR) is 99.5 cm³/mol. The zero-order valence-corrected chi connectivity index (χ0v) is 16.7. The van der Waals surface area contributed by atoms with Crippen molar-refractivity contribution in [3.05, 3.63) is 21.9 Å². The Balaban J connectivity index is 1.60. The van der Waals surface area contributed by atoms with Crippen molar-refractivity contribution in [1.29, 1.82) is 0 Å². The molecule has 0 bridgehead atoms. The summed E-state index contributed by atoms with van der Waals surface area (Å²) in [5.41, 5.74) is 0.983. The summed E-state index contributed by atoms with van der Waals surface area (Å²) in [7, 11) is 1.81. The molecule has 0 radical (unpaired) electrons. The molecule has 1 atom stereocenters. The number of amides is 1. The zero-order valence-electron chi connectivity index (χ0n) is 15.9. The minimum absolute atomic E-state index is 0.0221. The lowest BCUT2D eigenvalue weighted by Crippen LogP contribution is -2.35. The highest BCUT2D eigenvalue weighted by molar-refractivity contribution is 7.09. The van der Waals surface area contributed by atoms with E-state index in [1.54, 1.807) is 28.0 Å². The van der Waals surface area contributed by atoms with Crippen molar-refractivity contribution < 1.29 is 4.79 Å². The van der Waals surface area contributed by atoms with Gasteiger partial charge in [0, 0.05) is 18.1 Å². The number of hydrogen-bond acceptors (Lipinski definition) is 7. The molecule has 0 aromatic carbocycles. The van der Waals surface area contributed by atoms with Crippen LogP contribution < -0.4 is 0 Å². The maximum Gasteiger partial charge on any atom is 0.244 e. The van der Waals surface area contributed by atoms with Crippen LogP contribution in [0.4, 0.5) is 0 Å². The van der Waals surface area contributed by atoms with Crippen LogP contribution in [0.25, 0.3) is 0 Å². The molecule has 1 amide bonds. The quantitative estimate of drug-likeness (QED) is 0.765. The van der Waals surface area contributed by atoms with E-state index >= 15 is 0 Å². The molecule has 0 spiro atoms. The van der Waals surface area contributed by atoms with Gasteiger partial charge in [-0.1, -0.05) is 6.92 Å². The minimum atomic E-state index is -0.0651. The van der Waals surface area contributed by atoms with E-state index in [4.69, 9.17) is 0 Å². The molecule has 0 aliphatic carbocycles. The van der Waals surface area contributed by atoms with Crippen LogP contribution in [0.15, 0.2) is 5.38 Å². The van der Waals surface area contributed by atoms with E-state index in [1.165, 1.54) is 12.8 Å². The van der Waals surface area contributed by atoms with Crippen molar-refractivity contribution in [2.45, 2.75) is 52.7 Å². The fraction of sp³-hybridized carbons (Fsp3) is 0.706. The molecule has 0 unspecified atom stereocenters. The molecule has 3 heterocycles. The zero-order chi connectivity index (χ0) is 18.7. The summed E-state index contributed by atoms with van der Waals surface area (Å²) in [5, 5.41) is 14.9. The third-order valence-electron chi connectivity index (χ3n) is 5.10. The van der Waals surface area contributed by atoms with Crippen LogP contribution in [0.1, 0.15) is 49.3 Å². The van der Waals surface area contributed by atoms with E-state index in [-0.39, 0.29) is 18.5 Å². The second-order valence-corrected chi connectivity index (χ2v) is 8.11. The molecular formula is C17H27N7OS. The standard InChI is InChI=1S/C17H27N7OS/c1-12-5-7-23(8-6-12)9-15-19-20-21-24(15)10-16(25)22(4)14(3)17-18-13(2)11-26-17/h11-12,14H,5-10H2,1-4H3/t14-/m1/s1. The van der Waals surface area contributed by atoms with Gasteiger partial charge in [-0.3, -0.25) is 9.69 Å². The predicted octanol–water partition coefficient (Wildman–Crippen LogP) is 1.89. The fourth-order valence-electron chi connectivity index (χ4n) is 3.06. The first kappa shape index (κ1) is 18.9. The number of nitrogens with zero attached hydrogens (tertiary/aromatic N) is 7. The van der Waals surface area contributed by atoms with Crippen molar-refractivity contribution >= 4 is 17.2 Å². The second kappa shape index (κ2) is 8.22. The number of likely N-dealkylation sites (N-methyl/N-ethyl adjacent to an activating group) is 1. The molecule has 1 saturated heterocycles. The SMILES string of the molecule is Cc1csc([C@@H](C)N(C)C(=O)Cn2nnnc2CN2CCC(C)CC2)n1. The largest absolute Gasteiger partial charge is 0.335 e. The molecule has 2 aromatic heterocycles. The van der Waals surface area contributed by atoms with Gasteiger partial charge < -0.3 is 4.90 Å². The Morgan fingerprint density at radius 3 is 2.81 bits per heavy atom. The van der Waals surface area contributed by atoms with Gasteiger partial charge in [-0.2, -0.15) is 0 Å². The molecule has 1 fully saturated rings. The lowest BCUT2D eigenvalue weighted by molar-refractivity contribution is -0.132. The van der Waals surface area contributed by atoms with Crippen molar-refractivity contribution in [1.82, 2.24) is 35.0 Å². The number of likely N-dealkylation sites (tertiary alicyclic amines) is 1. The van der Waals surface area contributed by atoms with Crippen LogP contribution in [0.2, 0.25) is 0 Å². The Hall–Kier alpha value is -1.87. The summed E-state index contributed by atoms with van der Waals surface area (Å²) >= 11 is 1.58. The van der Waals surface area contributed by atoms with E-state index in [0.717, 1.165) is 35.5 Å². The van der Waals surface area contributed by atoms with Crippen LogP contribution >= 0.6 is 11.3 Å². The van der Waals surface area contributed by atoms with Gasteiger partial charge in [0.15, 0.2) is 5.82 Å². The van der Waals surface area contributed by atoms with Gasteiger partial charge >= 0.3 is 0 Å². The van der Waals surface area contributed by atoms with Crippen molar-refractivity contribution in [2.24, 2.45) is 5.92 Å². The molecule has 142 valence electrons. The lowest BCUT2D eigenvalue weighted by Gasteiger charge is -2.29. The number of tetrazole rings is 1. The Morgan fingerprint density at radius 2 is 2.15 bits per heavy atom. The van der Waals surface area contributed by atoms with Crippen molar-refractivity contribution in [3.63, 3.8) is 0 Å². The molecule has 2 aromatic rings. The van der Waals surface area contributed by atoms with E-state index in [9.17, 15) is 4.79 Å². The molecular weight excluding hydrogens is 350 g/mol. The molecule has 1 aliphatic rings. The Kier molecular flexibility index (Phi) is 5.98. The number of hydrogen-bond donors (Lipinski definition) is 0. The van der Waals surface area contributed by atoms with Gasteiger partial charge in [0.25, 0.3) is 0 Å². The molecule has 3 rings (SSSR count). The van der Waals surface area contributed by atoms with E-state index < -0.39 is 0 Å². The normalized spacial score (nSPS) is 17.4. The fourth-order valence-corrected chi connectivity index (χ4v) is 3.96. The summed E-state index contributed by atoms with van der Waals surface area (Å²) in [6, 6.07) is -0.0651. The summed E-state index contributed by atoms with van der Waals surface area (Å²) in [5.74, 6) is 1.51. The number of aromatic nitrogens is 5. The number of aryl methyl sites for hydroxylation is 1. The van der Waals surface area contributed by atoms with Gasteiger partial charge in [0.05, 0.1) is 12.6 Å². The average molecular weight is 378 g/mol. The third kappa shape index (κ3) is 4.45. The number of carbonyl (C=O) groups is 1. The van der Waals surface area contributed by atoms with Crippen LogP contribution in [0, 0.1) is 12.8 Å². The first-order valence-electron chi connectivity index (χ1n) is 9.09. The van der Waals surface area contributed by atoms with E-state index in [1.807, 2.05) is 19.2 Å². The van der Waals surface area contributed by atoms with Crippen LogP contribution in [-0.2, 0) is 17.9 Å². The maximum absolute atomic E-state index is 12.7. The van der Waals surface area contributed by atoms with Gasteiger partial charge in [0.1, 0.15) is 11.6 Å². The molecule has 9 heteroatoms. The van der Waals surface area contributed by atoms with Crippen LogP contribution in [0.3, 0.4) is 0 Å². The molecule has 8 nitrogen and oxygen atoms in total. The van der Waals surface area contributed by atoms with Gasteiger partial charge in [0.2, 0.25) is 5.91 Å². The van der Waals surface area contributed by atoms with Gasteiger partial charge in [-0.25, -0.2) is 9.67 Å². The average Bonchev–Trinajstić information content (AvgIpc) is 3.25. The second-order valence-electron chi connectivity index (χ2n) is 7.22. The summed E-state index contributed by atoms with van der Waals surface area (Å²) in [6.45, 7) is 9.20. The maximum atomic E-state index is 12.7. The van der Waals surface area contributed by atoms with Gasteiger partial charge in [-0.05, 0) is 56.1 Å². The monoisotopic (exact) mass is 377 g/mol. The van der Waals surface area contributed by atoms with Gasteiger partial charge in [-0.15, -0.1) is 16.4 Å². The first-order chi connectivity index (χ1) is 12.4. The van der Waals surface area contributed by atoms with Crippen LogP contribution in [-0.4, -0.2) is 61.0 Å². The number of carbonyl (C=O) groups excluding carboxylic acids is 1. The lowest BCUT2D eigenvalue weighted by atomic mass is 9.99. The molecule has 26 heavy (non-hydrogen) atoms. The summed E-state index contributed by atoms with van der Waals surface area (Å²) < 4.78 is 1.62. The Labute approximate surface area is 158 Å². The minimum Gasteiger partial charge on any atom is -0.335 e. The molecule has 0 saturated carbocycles. The van der Waals surface area contributed by atoms with Crippen molar-refractivity contribution in [3.8, 4) is 0 Å². The Bertz CT molecular complexity index is 735. The highest BCUT2D eigenvalue weighted by atomic mass is 32.1. The van der Waals surface area contributed by atoms with E-state index in [0.29, 0.717) is 6.54 Å².